The summed E-state index contributed by atoms with van der Waals surface area (Å²) in [6.45, 7) is 2.05. The number of rotatable bonds is 4. The van der Waals surface area contributed by atoms with Crippen LogP contribution in [0.3, 0.4) is 0 Å². The smallest absolute Gasteiger partial charge is 0.339 e. The molecule has 20 heavy (non-hydrogen) atoms. The van der Waals surface area contributed by atoms with Crippen LogP contribution in [-0.4, -0.2) is 23.3 Å². The van der Waals surface area contributed by atoms with E-state index in [1.807, 2.05) is 25.1 Å². The van der Waals surface area contributed by atoms with Crippen LogP contribution in [0.2, 0.25) is 0 Å². The molecule has 2 rings (SSSR count). The molecule has 0 aromatic heterocycles. The fourth-order valence-electron chi connectivity index (χ4n) is 2.08. The predicted octanol–water partition coefficient (Wildman–Crippen LogP) is 3.33. The van der Waals surface area contributed by atoms with E-state index in [4.69, 9.17) is 9.84 Å². The van der Waals surface area contributed by atoms with Gasteiger partial charge in [0.05, 0.1) is 7.11 Å². The molecule has 0 saturated carbocycles. The number of ether oxygens (including phenoxy) is 1. The fraction of sp³-hybridized carbons (Fsp3) is 0.188. The first kappa shape index (κ1) is 13.9. The third kappa shape index (κ3) is 2.59. The Labute approximate surface area is 117 Å². The summed E-state index contributed by atoms with van der Waals surface area (Å²) in [5, 5.41) is 18.6. The second kappa shape index (κ2) is 5.65. The quantitative estimate of drug-likeness (QED) is 0.896. The molecule has 0 spiro atoms. The minimum absolute atomic E-state index is 0.119. The Hall–Kier alpha value is -2.49. The molecule has 0 heterocycles. The highest BCUT2D eigenvalue weighted by Gasteiger charge is 2.13. The number of benzene rings is 2. The zero-order valence-electron chi connectivity index (χ0n) is 11.4. The van der Waals surface area contributed by atoms with E-state index in [9.17, 15) is 9.90 Å². The van der Waals surface area contributed by atoms with Gasteiger partial charge in [0.2, 0.25) is 0 Å². The zero-order chi connectivity index (χ0) is 14.7. The van der Waals surface area contributed by atoms with Crippen LogP contribution in [0.15, 0.2) is 36.4 Å². The van der Waals surface area contributed by atoms with E-state index in [0.29, 0.717) is 11.3 Å². The van der Waals surface area contributed by atoms with Crippen LogP contribution >= 0.6 is 0 Å². The number of aromatic carboxylic acids is 1. The monoisotopic (exact) mass is 272 g/mol. The van der Waals surface area contributed by atoms with E-state index in [2.05, 4.69) is 0 Å². The maximum absolute atomic E-state index is 11.1. The zero-order valence-corrected chi connectivity index (χ0v) is 11.4. The first-order chi connectivity index (χ1) is 9.56. The highest BCUT2D eigenvalue weighted by atomic mass is 16.5. The first-order valence-corrected chi connectivity index (χ1v) is 6.30. The Balaban J connectivity index is 2.61. The molecule has 0 fully saturated rings. The third-order valence-electron chi connectivity index (χ3n) is 3.21. The van der Waals surface area contributed by atoms with Crippen LogP contribution in [0.5, 0.6) is 11.5 Å². The van der Waals surface area contributed by atoms with Crippen LogP contribution in [0, 0.1) is 0 Å². The number of carbonyl (C=O) groups is 1. The average Bonchev–Trinajstić information content (AvgIpc) is 2.46. The number of phenols is 1. The van der Waals surface area contributed by atoms with Crippen molar-refractivity contribution >= 4 is 5.97 Å². The molecule has 4 heteroatoms. The van der Waals surface area contributed by atoms with Crippen molar-refractivity contribution in [3.63, 3.8) is 0 Å². The lowest BCUT2D eigenvalue weighted by atomic mass is 9.98. The summed E-state index contributed by atoms with van der Waals surface area (Å²) in [4.78, 5) is 11.1. The Morgan fingerprint density at radius 1 is 1.20 bits per heavy atom. The van der Waals surface area contributed by atoms with Gasteiger partial charge in [-0.25, -0.2) is 4.79 Å². The van der Waals surface area contributed by atoms with Gasteiger partial charge in [-0.1, -0.05) is 19.1 Å². The lowest BCUT2D eigenvalue weighted by Gasteiger charge is -2.11. The van der Waals surface area contributed by atoms with Crippen LogP contribution < -0.4 is 4.74 Å². The van der Waals surface area contributed by atoms with Crippen LogP contribution in [0.25, 0.3) is 11.1 Å². The van der Waals surface area contributed by atoms with E-state index in [1.165, 1.54) is 12.1 Å². The summed E-state index contributed by atoms with van der Waals surface area (Å²) in [5.41, 5.74) is 2.53. The number of aromatic hydroxyl groups is 1. The van der Waals surface area contributed by atoms with Crippen molar-refractivity contribution in [2.45, 2.75) is 13.3 Å². The summed E-state index contributed by atoms with van der Waals surface area (Å²) in [5.74, 6) is -0.731. The molecule has 0 aliphatic rings. The summed E-state index contributed by atoms with van der Waals surface area (Å²) in [6.07, 6.45) is 0.876. The molecule has 2 aromatic rings. The molecule has 0 aliphatic carbocycles. The van der Waals surface area contributed by atoms with Crippen molar-refractivity contribution in [3.8, 4) is 22.6 Å². The lowest BCUT2D eigenvalue weighted by Crippen LogP contribution is -1.98. The maximum atomic E-state index is 11.1. The molecule has 0 aliphatic heterocycles. The Bertz CT molecular complexity index is 647. The van der Waals surface area contributed by atoms with Crippen molar-refractivity contribution in [3.05, 3.63) is 47.5 Å². The van der Waals surface area contributed by atoms with Crippen molar-refractivity contribution in [1.29, 1.82) is 0 Å². The highest BCUT2D eigenvalue weighted by Crippen LogP contribution is 2.33. The molecule has 0 saturated heterocycles. The molecule has 0 amide bonds. The number of hydrogen-bond donors (Lipinski definition) is 2. The molecular weight excluding hydrogens is 256 g/mol. The van der Waals surface area contributed by atoms with Gasteiger partial charge in [0.15, 0.2) is 0 Å². The van der Waals surface area contributed by atoms with Gasteiger partial charge in [-0.3, -0.25) is 0 Å². The van der Waals surface area contributed by atoms with Crippen molar-refractivity contribution in [2.75, 3.05) is 7.11 Å². The second-order valence-electron chi connectivity index (χ2n) is 4.43. The average molecular weight is 272 g/mol. The minimum atomic E-state index is -1.16. The summed E-state index contributed by atoms with van der Waals surface area (Å²) >= 11 is 0. The molecule has 2 N–H and O–H groups in total. The van der Waals surface area contributed by atoms with E-state index in [0.717, 1.165) is 17.5 Å². The normalized spacial score (nSPS) is 10.3. The van der Waals surface area contributed by atoms with Crippen molar-refractivity contribution in [2.24, 2.45) is 0 Å². The van der Waals surface area contributed by atoms with Gasteiger partial charge in [0, 0.05) is 5.56 Å². The van der Waals surface area contributed by atoms with Crippen LogP contribution in [0.1, 0.15) is 22.8 Å². The van der Waals surface area contributed by atoms with E-state index in [1.54, 1.807) is 13.2 Å². The van der Waals surface area contributed by atoms with Gasteiger partial charge in [-0.05, 0) is 41.8 Å². The van der Waals surface area contributed by atoms with Gasteiger partial charge in [-0.2, -0.15) is 0 Å². The van der Waals surface area contributed by atoms with Gasteiger partial charge >= 0.3 is 5.97 Å². The molecule has 104 valence electrons. The molecule has 0 atom stereocenters. The standard InChI is InChI=1S/C16H16O4/c1-3-10-4-7-15(20-2)12(8-10)11-5-6-14(17)13(9-11)16(18)19/h4-9,17H,3H2,1-2H3,(H,18,19). The van der Waals surface area contributed by atoms with Gasteiger partial charge in [0.1, 0.15) is 17.1 Å². The third-order valence-corrected chi connectivity index (χ3v) is 3.21. The summed E-state index contributed by atoms with van der Waals surface area (Å²) in [7, 11) is 1.57. The largest absolute Gasteiger partial charge is 0.507 e. The molecule has 0 unspecified atom stereocenters. The van der Waals surface area contributed by atoms with Gasteiger partial charge in [0.25, 0.3) is 0 Å². The fourth-order valence-corrected chi connectivity index (χ4v) is 2.08. The molecule has 0 radical (unpaired) electrons. The number of aryl methyl sites for hydroxylation is 1. The Morgan fingerprint density at radius 3 is 2.55 bits per heavy atom. The van der Waals surface area contributed by atoms with E-state index in [-0.39, 0.29) is 11.3 Å². The second-order valence-corrected chi connectivity index (χ2v) is 4.43. The number of carboxylic acids is 1. The predicted molar refractivity (Wildman–Crippen MR) is 76.4 cm³/mol. The Kier molecular flexibility index (Phi) is 3.94. The van der Waals surface area contributed by atoms with E-state index < -0.39 is 5.97 Å². The van der Waals surface area contributed by atoms with Gasteiger partial charge < -0.3 is 14.9 Å². The van der Waals surface area contributed by atoms with Crippen molar-refractivity contribution in [1.82, 2.24) is 0 Å². The topological polar surface area (TPSA) is 66.8 Å². The van der Waals surface area contributed by atoms with Gasteiger partial charge in [-0.15, -0.1) is 0 Å². The summed E-state index contributed by atoms with van der Waals surface area (Å²) in [6, 6.07) is 10.3. The first-order valence-electron chi connectivity index (χ1n) is 6.30. The van der Waals surface area contributed by atoms with Crippen LogP contribution in [-0.2, 0) is 6.42 Å². The SMILES string of the molecule is CCc1ccc(OC)c(-c2ccc(O)c(C(=O)O)c2)c1. The van der Waals surface area contributed by atoms with Crippen LogP contribution in [0.4, 0.5) is 0 Å². The molecule has 0 bridgehead atoms. The number of methoxy groups -OCH3 is 1. The lowest BCUT2D eigenvalue weighted by molar-refractivity contribution is 0.0694. The number of hydrogen-bond acceptors (Lipinski definition) is 3. The number of carboxylic acid groups (broad SMARTS) is 1. The minimum Gasteiger partial charge on any atom is -0.507 e. The Morgan fingerprint density at radius 2 is 1.95 bits per heavy atom. The maximum Gasteiger partial charge on any atom is 0.339 e. The van der Waals surface area contributed by atoms with E-state index >= 15 is 0 Å². The molecule has 4 nitrogen and oxygen atoms in total. The molecular formula is C16H16O4. The van der Waals surface area contributed by atoms with Crippen molar-refractivity contribution < 1.29 is 19.7 Å². The summed E-state index contributed by atoms with van der Waals surface area (Å²) < 4.78 is 5.32. The highest BCUT2D eigenvalue weighted by molar-refractivity contribution is 5.93. The molecule has 2 aromatic carbocycles.